The molecule has 0 bridgehead atoms. The van der Waals surface area contributed by atoms with Crippen molar-refractivity contribution in [3.8, 4) is 5.75 Å². The number of nitrogens with two attached hydrogens (primary N) is 1. The number of benzene rings is 2. The van der Waals surface area contributed by atoms with Crippen LogP contribution in [0.15, 0.2) is 36.4 Å². The van der Waals surface area contributed by atoms with E-state index in [2.05, 4.69) is 0 Å². The van der Waals surface area contributed by atoms with Crippen LogP contribution in [-0.2, 0) is 0 Å². The van der Waals surface area contributed by atoms with Crippen molar-refractivity contribution in [3.05, 3.63) is 42.0 Å². The Morgan fingerprint density at radius 1 is 1.06 bits per heavy atom. The molecule has 2 aromatic rings. The lowest BCUT2D eigenvalue weighted by atomic mass is 9.77. The smallest absolute Gasteiger partial charge is 0.123 e. The van der Waals surface area contributed by atoms with Crippen molar-refractivity contribution in [1.29, 1.82) is 0 Å². The van der Waals surface area contributed by atoms with Gasteiger partial charge in [-0.2, -0.15) is 0 Å². The highest BCUT2D eigenvalue weighted by Crippen LogP contribution is 2.39. The number of rotatable bonds is 2. The van der Waals surface area contributed by atoms with E-state index in [0.717, 1.165) is 10.8 Å². The first-order chi connectivity index (χ1) is 8.27. The number of hydrogen-bond acceptors (Lipinski definition) is 2. The SMILES string of the molecule is Cl.N[C@@H](c1ccc(O)c2ccccc12)C1CCC1. The zero-order valence-corrected chi connectivity index (χ0v) is 11.0. The van der Waals surface area contributed by atoms with E-state index in [1.54, 1.807) is 6.07 Å². The van der Waals surface area contributed by atoms with Crippen LogP contribution in [0.3, 0.4) is 0 Å². The third kappa shape index (κ3) is 2.06. The fourth-order valence-corrected chi connectivity index (χ4v) is 2.65. The van der Waals surface area contributed by atoms with Crippen molar-refractivity contribution in [2.45, 2.75) is 25.3 Å². The molecule has 1 aliphatic carbocycles. The minimum Gasteiger partial charge on any atom is -0.507 e. The highest BCUT2D eigenvalue weighted by Gasteiger charge is 2.26. The topological polar surface area (TPSA) is 46.2 Å². The second kappa shape index (κ2) is 5.17. The van der Waals surface area contributed by atoms with Crippen LogP contribution in [-0.4, -0.2) is 5.11 Å². The van der Waals surface area contributed by atoms with Gasteiger partial charge in [0.2, 0.25) is 0 Å². The van der Waals surface area contributed by atoms with Crippen LogP contribution in [0.4, 0.5) is 0 Å². The molecule has 18 heavy (non-hydrogen) atoms. The van der Waals surface area contributed by atoms with Gasteiger partial charge in [-0.05, 0) is 35.8 Å². The van der Waals surface area contributed by atoms with Gasteiger partial charge in [0.25, 0.3) is 0 Å². The van der Waals surface area contributed by atoms with Crippen molar-refractivity contribution in [2.24, 2.45) is 11.7 Å². The Bertz CT molecular complexity index is 551. The molecular formula is C15H18ClNO. The fraction of sp³-hybridized carbons (Fsp3) is 0.333. The van der Waals surface area contributed by atoms with Crippen LogP contribution >= 0.6 is 12.4 Å². The molecule has 0 aromatic heterocycles. The molecular weight excluding hydrogens is 246 g/mol. The first-order valence-electron chi connectivity index (χ1n) is 6.23. The summed E-state index contributed by atoms with van der Waals surface area (Å²) in [6.45, 7) is 0. The second-order valence-corrected chi connectivity index (χ2v) is 4.94. The van der Waals surface area contributed by atoms with Crippen molar-refractivity contribution >= 4 is 23.2 Å². The molecule has 1 aliphatic rings. The molecule has 3 heteroatoms. The summed E-state index contributed by atoms with van der Waals surface area (Å²) in [6.07, 6.45) is 3.77. The van der Waals surface area contributed by atoms with E-state index in [-0.39, 0.29) is 18.4 Å². The summed E-state index contributed by atoms with van der Waals surface area (Å²) in [4.78, 5) is 0. The van der Waals surface area contributed by atoms with Gasteiger partial charge >= 0.3 is 0 Å². The predicted molar refractivity (Wildman–Crippen MR) is 77.1 cm³/mol. The van der Waals surface area contributed by atoms with Gasteiger partial charge in [0.15, 0.2) is 0 Å². The van der Waals surface area contributed by atoms with E-state index >= 15 is 0 Å². The van der Waals surface area contributed by atoms with Crippen LogP contribution in [0.1, 0.15) is 30.9 Å². The lowest BCUT2D eigenvalue weighted by molar-refractivity contribution is 0.265. The Morgan fingerprint density at radius 3 is 2.33 bits per heavy atom. The van der Waals surface area contributed by atoms with Gasteiger partial charge in [0.05, 0.1) is 0 Å². The van der Waals surface area contributed by atoms with Crippen molar-refractivity contribution in [1.82, 2.24) is 0 Å². The first kappa shape index (κ1) is 13.2. The number of hydrogen-bond donors (Lipinski definition) is 2. The summed E-state index contributed by atoms with van der Waals surface area (Å²) >= 11 is 0. The maximum atomic E-state index is 9.85. The van der Waals surface area contributed by atoms with E-state index in [4.69, 9.17) is 5.73 Å². The molecule has 0 saturated heterocycles. The Labute approximate surface area is 113 Å². The number of fused-ring (bicyclic) bond motifs is 1. The minimum atomic E-state index is 0. The van der Waals surface area contributed by atoms with Crippen LogP contribution in [0, 0.1) is 5.92 Å². The standard InChI is InChI=1S/C15H17NO.ClH/c16-15(10-4-3-5-10)13-8-9-14(17)12-7-2-1-6-11(12)13;/h1-2,6-10,15,17H,3-5,16H2;1H/t15-;/m1./s1. The normalized spacial score (nSPS) is 16.9. The van der Waals surface area contributed by atoms with Gasteiger partial charge in [0.1, 0.15) is 5.75 Å². The summed E-state index contributed by atoms with van der Waals surface area (Å²) in [6, 6.07) is 11.8. The molecule has 0 amide bonds. The quantitative estimate of drug-likeness (QED) is 0.866. The number of aromatic hydroxyl groups is 1. The average molecular weight is 264 g/mol. The Hall–Kier alpha value is -1.25. The molecule has 1 atom stereocenters. The maximum absolute atomic E-state index is 9.85. The molecule has 0 aliphatic heterocycles. The second-order valence-electron chi connectivity index (χ2n) is 4.94. The Balaban J connectivity index is 0.00000120. The van der Waals surface area contributed by atoms with E-state index in [0.29, 0.717) is 11.7 Å². The summed E-state index contributed by atoms with van der Waals surface area (Å²) in [5, 5.41) is 11.8. The maximum Gasteiger partial charge on any atom is 0.123 e. The monoisotopic (exact) mass is 263 g/mol. The van der Waals surface area contributed by atoms with Crippen LogP contribution in [0.5, 0.6) is 5.75 Å². The van der Waals surface area contributed by atoms with Crippen molar-refractivity contribution in [3.63, 3.8) is 0 Å². The van der Waals surface area contributed by atoms with E-state index < -0.39 is 0 Å². The Morgan fingerprint density at radius 2 is 1.72 bits per heavy atom. The molecule has 1 saturated carbocycles. The third-order valence-corrected chi connectivity index (χ3v) is 3.95. The molecule has 2 aromatic carbocycles. The van der Waals surface area contributed by atoms with Crippen molar-refractivity contribution < 1.29 is 5.11 Å². The molecule has 1 fully saturated rings. The molecule has 0 heterocycles. The highest BCUT2D eigenvalue weighted by molar-refractivity contribution is 5.91. The zero-order valence-electron chi connectivity index (χ0n) is 10.2. The minimum absolute atomic E-state index is 0. The summed E-state index contributed by atoms with van der Waals surface area (Å²) < 4.78 is 0. The van der Waals surface area contributed by atoms with Gasteiger partial charge in [-0.1, -0.05) is 36.8 Å². The first-order valence-corrected chi connectivity index (χ1v) is 6.23. The van der Waals surface area contributed by atoms with E-state index in [1.807, 2.05) is 30.3 Å². The molecule has 3 rings (SSSR count). The summed E-state index contributed by atoms with van der Waals surface area (Å²) in [7, 11) is 0. The number of phenols is 1. The van der Waals surface area contributed by atoms with Gasteiger partial charge in [-0.3, -0.25) is 0 Å². The van der Waals surface area contributed by atoms with Crippen LogP contribution in [0.25, 0.3) is 10.8 Å². The summed E-state index contributed by atoms with van der Waals surface area (Å²) in [5.74, 6) is 0.952. The lowest BCUT2D eigenvalue weighted by Gasteiger charge is -2.32. The van der Waals surface area contributed by atoms with Crippen molar-refractivity contribution in [2.75, 3.05) is 0 Å². The number of phenolic OH excluding ortho intramolecular Hbond substituents is 1. The average Bonchev–Trinajstić information content (AvgIpc) is 2.27. The van der Waals surface area contributed by atoms with Crippen LogP contribution < -0.4 is 5.73 Å². The summed E-state index contributed by atoms with van der Waals surface area (Å²) in [5.41, 5.74) is 7.50. The molecule has 0 radical (unpaired) electrons. The molecule has 3 N–H and O–H groups in total. The largest absolute Gasteiger partial charge is 0.507 e. The van der Waals surface area contributed by atoms with Crippen LogP contribution in [0.2, 0.25) is 0 Å². The fourth-order valence-electron chi connectivity index (χ4n) is 2.65. The van der Waals surface area contributed by atoms with Gasteiger partial charge < -0.3 is 10.8 Å². The molecule has 96 valence electrons. The van der Waals surface area contributed by atoms with Gasteiger partial charge in [-0.25, -0.2) is 0 Å². The molecule has 0 unspecified atom stereocenters. The number of halogens is 1. The van der Waals surface area contributed by atoms with E-state index in [9.17, 15) is 5.11 Å². The predicted octanol–water partition coefficient (Wildman–Crippen LogP) is 3.77. The molecule has 2 nitrogen and oxygen atoms in total. The highest BCUT2D eigenvalue weighted by atomic mass is 35.5. The third-order valence-electron chi connectivity index (χ3n) is 3.95. The molecule has 0 spiro atoms. The van der Waals surface area contributed by atoms with Gasteiger partial charge in [0, 0.05) is 11.4 Å². The van der Waals surface area contributed by atoms with Gasteiger partial charge in [-0.15, -0.1) is 12.4 Å². The lowest BCUT2D eigenvalue weighted by Crippen LogP contribution is -2.26. The Kier molecular flexibility index (Phi) is 3.79. The van der Waals surface area contributed by atoms with E-state index in [1.165, 1.54) is 24.8 Å². The zero-order chi connectivity index (χ0) is 11.8.